The largest absolute Gasteiger partial charge is 0.478 e. The van der Waals surface area contributed by atoms with Crippen LogP contribution in [0.3, 0.4) is 0 Å². The Kier molecular flexibility index (Phi) is 5.37. The number of carboxylic acid groups (broad SMARTS) is 1. The summed E-state index contributed by atoms with van der Waals surface area (Å²) in [5.74, 6) is -0.988. The molecule has 0 aliphatic carbocycles. The third-order valence-corrected chi connectivity index (χ3v) is 1.27. The first kappa shape index (κ1) is 11.8. The predicted octanol–water partition coefficient (Wildman–Crippen LogP) is 1.25. The van der Waals surface area contributed by atoms with Crippen molar-refractivity contribution in [2.45, 2.75) is 0 Å². The van der Waals surface area contributed by atoms with Crippen LogP contribution in [0.1, 0.15) is 10.4 Å². The molecule has 0 aromatic heterocycles. The lowest BCUT2D eigenvalue weighted by molar-refractivity contribution is 0.0698. The second kappa shape index (κ2) is 6.36. The number of hydrogen-bond acceptors (Lipinski definition) is 4. The van der Waals surface area contributed by atoms with Gasteiger partial charge in [-0.05, 0) is 12.1 Å². The highest BCUT2D eigenvalue weighted by Gasteiger charge is 2.03. The molecular formula is C9H11N3O2. The molecule has 0 aliphatic heterocycles. The van der Waals surface area contributed by atoms with Gasteiger partial charge in [0, 0.05) is 18.1 Å². The lowest BCUT2D eigenvalue weighted by Crippen LogP contribution is -2.00. The molecule has 5 nitrogen and oxygen atoms in total. The van der Waals surface area contributed by atoms with Crippen molar-refractivity contribution < 1.29 is 9.90 Å². The smallest absolute Gasteiger partial charge is 0.337 e. The minimum absolute atomic E-state index is 0.155. The number of nitrogens with one attached hydrogen (secondary N) is 2. The minimum atomic E-state index is -0.988. The molecule has 0 saturated carbocycles. The Hall–Kier alpha value is -2.17. The normalized spacial score (nSPS) is 8.00. The van der Waals surface area contributed by atoms with Crippen LogP contribution in [0, 0.1) is 10.8 Å². The third kappa shape index (κ3) is 4.01. The highest BCUT2D eigenvalue weighted by Crippen LogP contribution is 2.08. The Morgan fingerprint density at radius 1 is 1.29 bits per heavy atom. The highest BCUT2D eigenvalue weighted by molar-refractivity contribution is 6.12. The van der Waals surface area contributed by atoms with E-state index in [0.717, 1.165) is 12.4 Å². The Morgan fingerprint density at radius 2 is 1.79 bits per heavy atom. The number of anilines is 1. The molecule has 14 heavy (non-hydrogen) atoms. The van der Waals surface area contributed by atoms with Crippen molar-refractivity contribution in [3.63, 3.8) is 0 Å². The maximum absolute atomic E-state index is 10.3. The molecule has 0 heterocycles. The SMILES string of the molecule is N=CC=N.Nc1ccccc1C(=O)O. The van der Waals surface area contributed by atoms with Gasteiger partial charge in [-0.15, -0.1) is 0 Å². The van der Waals surface area contributed by atoms with Crippen LogP contribution >= 0.6 is 0 Å². The van der Waals surface area contributed by atoms with Gasteiger partial charge in [-0.3, -0.25) is 0 Å². The summed E-state index contributed by atoms with van der Waals surface area (Å²) < 4.78 is 0. The quantitative estimate of drug-likeness (QED) is 0.419. The van der Waals surface area contributed by atoms with Gasteiger partial charge in [0.05, 0.1) is 5.56 Å². The molecule has 1 aromatic rings. The fraction of sp³-hybridized carbons (Fsp3) is 0. The summed E-state index contributed by atoms with van der Waals surface area (Å²) >= 11 is 0. The van der Waals surface area contributed by atoms with Gasteiger partial charge >= 0.3 is 5.97 Å². The van der Waals surface area contributed by atoms with E-state index in [9.17, 15) is 4.79 Å². The zero-order valence-electron chi connectivity index (χ0n) is 7.40. The fourth-order valence-corrected chi connectivity index (χ4v) is 0.692. The zero-order valence-corrected chi connectivity index (χ0v) is 7.40. The summed E-state index contributed by atoms with van der Waals surface area (Å²) in [5, 5.41) is 20.7. The molecular weight excluding hydrogens is 182 g/mol. The number of aromatic carboxylic acids is 1. The summed E-state index contributed by atoms with van der Waals surface area (Å²) in [4.78, 5) is 10.3. The number of nitrogen functional groups attached to an aromatic ring is 1. The molecule has 0 unspecified atom stereocenters. The Labute approximate surface area is 81.2 Å². The molecule has 1 aromatic carbocycles. The zero-order chi connectivity index (χ0) is 11.0. The maximum Gasteiger partial charge on any atom is 0.337 e. The van der Waals surface area contributed by atoms with E-state index in [1.165, 1.54) is 6.07 Å². The van der Waals surface area contributed by atoms with Gasteiger partial charge in [-0.1, -0.05) is 12.1 Å². The summed E-state index contributed by atoms with van der Waals surface area (Å²) in [5.41, 5.74) is 5.80. The molecule has 0 amide bonds. The first-order valence-corrected chi connectivity index (χ1v) is 3.70. The second-order valence-electron chi connectivity index (χ2n) is 2.23. The van der Waals surface area contributed by atoms with E-state index in [4.69, 9.17) is 21.7 Å². The van der Waals surface area contributed by atoms with Crippen molar-refractivity contribution in [1.29, 1.82) is 10.8 Å². The van der Waals surface area contributed by atoms with Crippen molar-refractivity contribution in [3.8, 4) is 0 Å². The molecule has 1 rings (SSSR count). The molecule has 0 saturated heterocycles. The molecule has 0 atom stereocenters. The van der Waals surface area contributed by atoms with E-state index in [0.29, 0.717) is 5.69 Å². The number of hydrogen-bond donors (Lipinski definition) is 4. The van der Waals surface area contributed by atoms with Gasteiger partial charge in [-0.25, -0.2) is 4.79 Å². The van der Waals surface area contributed by atoms with E-state index >= 15 is 0 Å². The first-order valence-electron chi connectivity index (χ1n) is 3.70. The molecule has 5 heteroatoms. The first-order chi connectivity index (χ1) is 6.63. The van der Waals surface area contributed by atoms with E-state index in [1.54, 1.807) is 18.2 Å². The summed E-state index contributed by atoms with van der Waals surface area (Å²) in [6.45, 7) is 0. The van der Waals surface area contributed by atoms with Crippen LogP contribution in [0.15, 0.2) is 24.3 Å². The number of nitrogens with two attached hydrogens (primary N) is 1. The molecule has 0 fully saturated rings. The Morgan fingerprint density at radius 3 is 2.07 bits per heavy atom. The molecule has 0 radical (unpaired) electrons. The average molecular weight is 193 g/mol. The summed E-state index contributed by atoms with van der Waals surface area (Å²) in [6.07, 6.45) is 1.83. The topological polar surface area (TPSA) is 111 Å². The van der Waals surface area contributed by atoms with Crippen LogP contribution in [-0.2, 0) is 0 Å². The van der Waals surface area contributed by atoms with Crippen LogP contribution in [0.4, 0.5) is 5.69 Å². The third-order valence-electron chi connectivity index (χ3n) is 1.27. The van der Waals surface area contributed by atoms with E-state index in [1.807, 2.05) is 0 Å². The summed E-state index contributed by atoms with van der Waals surface area (Å²) in [6, 6.07) is 6.36. The lowest BCUT2D eigenvalue weighted by atomic mass is 10.2. The van der Waals surface area contributed by atoms with Crippen molar-refractivity contribution in [2.75, 3.05) is 5.73 Å². The Bertz CT molecular complexity index is 331. The Balaban J connectivity index is 0.000000364. The van der Waals surface area contributed by atoms with Crippen molar-refractivity contribution in [2.24, 2.45) is 0 Å². The number of carboxylic acids is 1. The van der Waals surface area contributed by atoms with Crippen molar-refractivity contribution in [1.82, 2.24) is 0 Å². The van der Waals surface area contributed by atoms with Crippen LogP contribution in [0.2, 0.25) is 0 Å². The number of rotatable bonds is 2. The van der Waals surface area contributed by atoms with Crippen LogP contribution in [0.25, 0.3) is 0 Å². The van der Waals surface area contributed by atoms with Gasteiger partial charge in [0.15, 0.2) is 0 Å². The molecule has 5 N–H and O–H groups in total. The number of para-hydroxylation sites is 1. The van der Waals surface area contributed by atoms with Crippen molar-refractivity contribution >= 4 is 24.1 Å². The van der Waals surface area contributed by atoms with Gasteiger partial charge < -0.3 is 21.7 Å². The van der Waals surface area contributed by atoms with Crippen molar-refractivity contribution in [3.05, 3.63) is 29.8 Å². The standard InChI is InChI=1S/C7H7NO2.C2H4N2/c8-6-4-2-1-3-5(6)7(9)10;3-1-2-4/h1-4H,8H2,(H,9,10);1-4H. The number of carbonyl (C=O) groups is 1. The van der Waals surface area contributed by atoms with Crippen LogP contribution in [0.5, 0.6) is 0 Å². The van der Waals surface area contributed by atoms with E-state index < -0.39 is 5.97 Å². The summed E-state index contributed by atoms with van der Waals surface area (Å²) in [7, 11) is 0. The molecule has 0 bridgehead atoms. The minimum Gasteiger partial charge on any atom is -0.478 e. The van der Waals surface area contributed by atoms with Gasteiger partial charge in [-0.2, -0.15) is 0 Å². The monoisotopic (exact) mass is 193 g/mol. The molecule has 74 valence electrons. The van der Waals surface area contributed by atoms with E-state index in [-0.39, 0.29) is 5.56 Å². The van der Waals surface area contributed by atoms with Gasteiger partial charge in [0.1, 0.15) is 0 Å². The molecule has 0 aliphatic rings. The van der Waals surface area contributed by atoms with Crippen LogP contribution < -0.4 is 5.73 Å². The number of benzene rings is 1. The van der Waals surface area contributed by atoms with E-state index in [2.05, 4.69) is 0 Å². The predicted molar refractivity (Wildman–Crippen MR) is 55.4 cm³/mol. The maximum atomic E-state index is 10.3. The van der Waals surface area contributed by atoms with Gasteiger partial charge in [0.25, 0.3) is 0 Å². The average Bonchev–Trinajstić information content (AvgIpc) is 2.18. The lowest BCUT2D eigenvalue weighted by Gasteiger charge is -1.96. The molecule has 0 spiro atoms. The highest BCUT2D eigenvalue weighted by atomic mass is 16.4. The second-order valence-corrected chi connectivity index (χ2v) is 2.23. The van der Waals surface area contributed by atoms with Crippen LogP contribution in [-0.4, -0.2) is 23.5 Å². The fourth-order valence-electron chi connectivity index (χ4n) is 0.692. The van der Waals surface area contributed by atoms with Gasteiger partial charge in [0.2, 0.25) is 0 Å².